The topological polar surface area (TPSA) is 102 Å². The molecule has 0 radical (unpaired) electrons. The second kappa shape index (κ2) is 20.5. The van der Waals surface area contributed by atoms with E-state index in [-0.39, 0.29) is 5.91 Å². The van der Waals surface area contributed by atoms with Crippen LogP contribution in [-0.2, 0) is 9.53 Å². The summed E-state index contributed by atoms with van der Waals surface area (Å²) in [4.78, 5) is 14.3. The second-order valence-electron chi connectivity index (χ2n) is 10.3. The number of nitrogens with one attached hydrogen (secondary N) is 1. The van der Waals surface area contributed by atoms with E-state index in [1.165, 1.54) is 88.8 Å². The van der Waals surface area contributed by atoms with Gasteiger partial charge in [-0.05, 0) is 6.42 Å². The second-order valence-corrected chi connectivity index (χ2v) is 12.0. The van der Waals surface area contributed by atoms with E-state index in [1.807, 2.05) is 0 Å². The van der Waals surface area contributed by atoms with Crippen molar-refractivity contribution in [1.29, 1.82) is 0 Å². The van der Waals surface area contributed by atoms with Crippen molar-refractivity contribution >= 4 is 34.2 Å². The minimum atomic E-state index is -1.28. The van der Waals surface area contributed by atoms with Gasteiger partial charge in [0.2, 0.25) is 5.91 Å². The highest BCUT2D eigenvalue weighted by molar-refractivity contribution is 8.23. The van der Waals surface area contributed by atoms with Gasteiger partial charge in [-0.1, -0.05) is 121 Å². The van der Waals surface area contributed by atoms with Gasteiger partial charge in [0.1, 0.15) is 28.1 Å². The number of amides is 1. The summed E-state index contributed by atoms with van der Waals surface area (Å²) in [5.74, 6) is -0.173. The zero-order valence-electron chi connectivity index (χ0n) is 22.8. The van der Waals surface area contributed by atoms with Gasteiger partial charge in [0.05, 0.1) is 12.6 Å². The molecule has 0 unspecified atom stereocenters. The zero-order chi connectivity index (χ0) is 26.8. The highest BCUT2D eigenvalue weighted by Gasteiger charge is 2.45. The first-order valence-corrected chi connectivity index (χ1v) is 15.4. The number of hydrogen-bond acceptors (Lipinski definition) is 7. The third-order valence-electron chi connectivity index (χ3n) is 6.80. The molecule has 0 aromatic rings. The molecule has 5 atom stereocenters. The van der Waals surface area contributed by atoms with E-state index in [0.717, 1.165) is 19.3 Å². The number of unbranched alkanes of at least 4 members (excludes halogenated alkanes) is 14. The highest BCUT2D eigenvalue weighted by atomic mass is 32.2. The van der Waals surface area contributed by atoms with Gasteiger partial charge in [0.25, 0.3) is 0 Å². The zero-order valence-corrected chi connectivity index (χ0v) is 24.5. The SMILES string of the molecule is CCCCCCCCCCCCCCCCCC(=O)N[C@@H]1[C@@H](O)[C@H](O)[C@@H](CO)O[C@H]1SC(=S)N(C)C. The number of thioether (sulfide) groups is 1. The summed E-state index contributed by atoms with van der Waals surface area (Å²) < 4.78 is 6.29. The Morgan fingerprint density at radius 1 is 0.861 bits per heavy atom. The van der Waals surface area contributed by atoms with Crippen LogP contribution in [0.1, 0.15) is 110 Å². The molecule has 1 amide bonds. The van der Waals surface area contributed by atoms with Crippen LogP contribution in [0.25, 0.3) is 0 Å². The largest absolute Gasteiger partial charge is 0.394 e. The molecule has 0 aliphatic carbocycles. The summed E-state index contributed by atoms with van der Waals surface area (Å²) in [7, 11) is 3.61. The van der Waals surface area contributed by atoms with Gasteiger partial charge >= 0.3 is 0 Å². The lowest BCUT2D eigenvalue weighted by molar-refractivity contribution is -0.173. The minimum absolute atomic E-state index is 0.173. The van der Waals surface area contributed by atoms with Crippen molar-refractivity contribution in [3.8, 4) is 0 Å². The van der Waals surface area contributed by atoms with Gasteiger partial charge in [0.15, 0.2) is 0 Å². The molecule has 1 aliphatic heterocycles. The third kappa shape index (κ3) is 13.9. The van der Waals surface area contributed by atoms with Gasteiger partial charge in [-0.2, -0.15) is 0 Å². The molecule has 9 heteroatoms. The monoisotopic (exact) mass is 548 g/mol. The first kappa shape index (κ1) is 33.6. The summed E-state index contributed by atoms with van der Waals surface area (Å²) >= 11 is 6.52. The molecule has 1 heterocycles. The number of carbonyl (C=O) groups excluding carboxylic acids is 1. The Labute approximate surface area is 229 Å². The first-order valence-electron chi connectivity index (χ1n) is 14.1. The molecular formula is C27H52N2O5S2. The Balaban J connectivity index is 2.19. The molecule has 0 saturated carbocycles. The standard InChI is InChI=1S/C27H52N2O5S2/c1-4-5-6-7-8-9-10-11-12-13-14-15-16-17-18-19-22(31)28-23-25(33)24(32)21(20-30)34-26(23)36-27(35)29(2)3/h21,23-26,30,32-33H,4-20H2,1-3H3,(H,28,31)/t21-,23-,24-,25-,26+/m1/s1. The number of rotatable bonds is 19. The summed E-state index contributed by atoms with van der Waals surface area (Å²) in [5, 5.41) is 33.2. The molecule has 1 aliphatic rings. The van der Waals surface area contributed by atoms with E-state index in [1.54, 1.807) is 19.0 Å². The van der Waals surface area contributed by atoms with E-state index in [2.05, 4.69) is 12.2 Å². The van der Waals surface area contributed by atoms with E-state index in [9.17, 15) is 20.1 Å². The molecule has 0 aromatic carbocycles. The maximum Gasteiger partial charge on any atom is 0.220 e. The number of aliphatic hydroxyl groups is 3. The molecule has 0 spiro atoms. The molecular weight excluding hydrogens is 496 g/mol. The lowest BCUT2D eigenvalue weighted by atomic mass is 9.98. The molecule has 36 heavy (non-hydrogen) atoms. The predicted octanol–water partition coefficient (Wildman–Crippen LogP) is 4.75. The summed E-state index contributed by atoms with van der Waals surface area (Å²) in [6, 6.07) is -0.811. The van der Waals surface area contributed by atoms with Crippen molar-refractivity contribution in [2.24, 2.45) is 0 Å². The van der Waals surface area contributed by atoms with Gasteiger partial charge < -0.3 is 30.3 Å². The predicted molar refractivity (Wildman–Crippen MR) is 153 cm³/mol. The van der Waals surface area contributed by atoms with Gasteiger partial charge in [-0.15, -0.1) is 0 Å². The van der Waals surface area contributed by atoms with Crippen LogP contribution in [0, 0.1) is 0 Å². The molecule has 212 valence electrons. The maximum absolute atomic E-state index is 12.6. The normalized spacial score (nSPS) is 24.0. The van der Waals surface area contributed by atoms with Gasteiger partial charge in [0, 0.05) is 20.5 Å². The number of carbonyl (C=O) groups is 1. The molecule has 1 rings (SSSR count). The van der Waals surface area contributed by atoms with E-state index >= 15 is 0 Å². The highest BCUT2D eigenvalue weighted by Crippen LogP contribution is 2.30. The van der Waals surface area contributed by atoms with E-state index < -0.39 is 36.4 Å². The van der Waals surface area contributed by atoms with E-state index in [4.69, 9.17) is 17.0 Å². The fourth-order valence-corrected chi connectivity index (χ4v) is 5.72. The fraction of sp³-hybridized carbons (Fsp3) is 0.926. The van der Waals surface area contributed by atoms with Crippen molar-refractivity contribution in [2.75, 3.05) is 20.7 Å². The lowest BCUT2D eigenvalue weighted by Crippen LogP contribution is -2.63. The quantitative estimate of drug-likeness (QED) is 0.135. The third-order valence-corrected chi connectivity index (χ3v) is 8.66. The van der Waals surface area contributed by atoms with Crippen LogP contribution in [0.3, 0.4) is 0 Å². The number of ether oxygens (including phenoxy) is 1. The maximum atomic E-state index is 12.6. The lowest BCUT2D eigenvalue weighted by Gasteiger charge is -2.42. The molecule has 1 saturated heterocycles. The minimum Gasteiger partial charge on any atom is -0.394 e. The van der Waals surface area contributed by atoms with Crippen molar-refractivity contribution in [2.45, 2.75) is 139 Å². The number of nitrogens with zero attached hydrogens (tertiary/aromatic N) is 1. The summed E-state index contributed by atoms with van der Waals surface area (Å²) in [6.45, 7) is 1.83. The van der Waals surface area contributed by atoms with Crippen LogP contribution in [0.2, 0.25) is 0 Å². The van der Waals surface area contributed by atoms with Crippen LogP contribution in [0.15, 0.2) is 0 Å². The molecule has 4 N–H and O–H groups in total. The van der Waals surface area contributed by atoms with Gasteiger partial charge in [-0.3, -0.25) is 4.79 Å². The summed E-state index contributed by atoms with van der Waals surface area (Å²) in [6.07, 6.45) is 16.0. The van der Waals surface area contributed by atoms with Crippen LogP contribution < -0.4 is 5.32 Å². The Morgan fingerprint density at radius 2 is 1.33 bits per heavy atom. The van der Waals surface area contributed by atoms with Crippen molar-refractivity contribution in [1.82, 2.24) is 10.2 Å². The average Bonchev–Trinajstić information content (AvgIpc) is 2.85. The average molecular weight is 549 g/mol. The molecule has 0 bridgehead atoms. The number of aliphatic hydroxyl groups excluding tert-OH is 3. The Bertz CT molecular complexity index is 597. The Morgan fingerprint density at radius 3 is 1.78 bits per heavy atom. The molecule has 1 fully saturated rings. The van der Waals surface area contributed by atoms with E-state index in [0.29, 0.717) is 10.7 Å². The van der Waals surface area contributed by atoms with Crippen LogP contribution in [-0.4, -0.2) is 80.9 Å². The number of thiocarbonyl (C=S) groups is 1. The summed E-state index contributed by atoms with van der Waals surface area (Å²) in [5.41, 5.74) is -0.694. The Hall–Kier alpha value is -0.450. The smallest absolute Gasteiger partial charge is 0.220 e. The van der Waals surface area contributed by atoms with Crippen molar-refractivity contribution < 1.29 is 24.9 Å². The molecule has 0 aromatic heterocycles. The van der Waals surface area contributed by atoms with Crippen LogP contribution >= 0.6 is 24.0 Å². The fourth-order valence-electron chi connectivity index (χ4n) is 4.46. The molecule has 7 nitrogen and oxygen atoms in total. The van der Waals surface area contributed by atoms with Crippen molar-refractivity contribution in [3.05, 3.63) is 0 Å². The van der Waals surface area contributed by atoms with Crippen LogP contribution in [0.5, 0.6) is 0 Å². The number of hydrogen-bond donors (Lipinski definition) is 4. The van der Waals surface area contributed by atoms with Crippen molar-refractivity contribution in [3.63, 3.8) is 0 Å². The first-order chi connectivity index (χ1) is 17.3. The van der Waals surface area contributed by atoms with Crippen LogP contribution in [0.4, 0.5) is 0 Å². The Kier molecular flexibility index (Phi) is 19.1. The van der Waals surface area contributed by atoms with Gasteiger partial charge in [-0.25, -0.2) is 0 Å².